The van der Waals surface area contributed by atoms with Gasteiger partial charge in [0.25, 0.3) is 0 Å². The molecule has 10 rings (SSSR count). The van der Waals surface area contributed by atoms with Crippen LogP contribution in [0.2, 0.25) is 0 Å². The normalized spacial score (nSPS) is 14.8. The van der Waals surface area contributed by atoms with Gasteiger partial charge in [-0.25, -0.2) is 0 Å². The lowest BCUT2D eigenvalue weighted by atomic mass is 9.82. The molecule has 1 nitrogen and oxygen atoms in total. The van der Waals surface area contributed by atoms with E-state index < -0.39 is 10.0 Å². The first-order valence-electron chi connectivity index (χ1n) is 18.4. The van der Waals surface area contributed by atoms with Crippen LogP contribution in [0.4, 0.5) is 17.1 Å². The number of benzene rings is 8. The number of fused-ring (bicyclic) bond motifs is 6. The van der Waals surface area contributed by atoms with Crippen molar-refractivity contribution in [1.82, 2.24) is 0 Å². The van der Waals surface area contributed by atoms with Gasteiger partial charge in [0.05, 0.1) is 5.69 Å². The van der Waals surface area contributed by atoms with Gasteiger partial charge < -0.3 is 4.90 Å². The van der Waals surface area contributed by atoms with Gasteiger partial charge in [-0.2, -0.15) is 0 Å². The highest BCUT2D eigenvalue weighted by Crippen LogP contribution is 2.80. The van der Waals surface area contributed by atoms with Crippen molar-refractivity contribution in [3.63, 3.8) is 0 Å². The van der Waals surface area contributed by atoms with E-state index in [1.165, 1.54) is 69.8 Å². The zero-order valence-corrected chi connectivity index (χ0v) is 30.7. The molecule has 0 saturated carbocycles. The predicted molar refractivity (Wildman–Crippen MR) is 223 cm³/mol. The Hall–Kier alpha value is -6.09. The highest BCUT2D eigenvalue weighted by Gasteiger charge is 2.44. The zero-order valence-electron chi connectivity index (χ0n) is 29.9. The first kappa shape index (κ1) is 31.6. The Morgan fingerprint density at radius 1 is 0.396 bits per heavy atom. The Morgan fingerprint density at radius 3 is 1.62 bits per heavy atom. The van der Waals surface area contributed by atoms with Crippen molar-refractivity contribution in [3.05, 3.63) is 211 Å². The molecule has 53 heavy (non-hydrogen) atoms. The maximum absolute atomic E-state index is 2.51. The molecule has 0 aromatic heterocycles. The van der Waals surface area contributed by atoms with Gasteiger partial charge in [-0.15, -0.1) is 10.0 Å². The fourth-order valence-electron chi connectivity index (χ4n) is 8.88. The quantitative estimate of drug-likeness (QED) is 0.167. The second kappa shape index (κ2) is 12.3. The molecule has 8 aromatic rings. The highest BCUT2D eigenvalue weighted by molar-refractivity contribution is 8.34. The van der Waals surface area contributed by atoms with E-state index in [4.69, 9.17) is 0 Å². The second-order valence-electron chi connectivity index (χ2n) is 14.5. The Labute approximate surface area is 314 Å². The van der Waals surface area contributed by atoms with E-state index in [0.29, 0.717) is 0 Å². The summed E-state index contributed by atoms with van der Waals surface area (Å²) in [4.78, 5) is 7.99. The monoisotopic (exact) mass is 697 g/mol. The molecule has 2 aliphatic rings. The van der Waals surface area contributed by atoms with Crippen LogP contribution in [0.25, 0.3) is 33.4 Å². The smallest absolute Gasteiger partial charge is 0.0551 e. The molecule has 0 saturated heterocycles. The first-order valence-corrected chi connectivity index (χ1v) is 20.1. The Kier molecular flexibility index (Phi) is 7.32. The summed E-state index contributed by atoms with van der Waals surface area (Å²) in [6.45, 7) is 4.74. The third kappa shape index (κ3) is 4.72. The average Bonchev–Trinajstić information content (AvgIpc) is 3.66. The van der Waals surface area contributed by atoms with E-state index in [1.807, 2.05) is 0 Å². The summed E-state index contributed by atoms with van der Waals surface area (Å²) in [5, 5.41) is 0. The van der Waals surface area contributed by atoms with Crippen LogP contribution in [0.3, 0.4) is 0 Å². The van der Waals surface area contributed by atoms with Crippen molar-refractivity contribution in [2.75, 3.05) is 4.90 Å². The van der Waals surface area contributed by atoms with Crippen LogP contribution in [0.1, 0.15) is 25.0 Å². The fourth-order valence-corrected chi connectivity index (χ4v) is 13.1. The summed E-state index contributed by atoms with van der Waals surface area (Å²) in [5.74, 6) is 0. The summed E-state index contributed by atoms with van der Waals surface area (Å²) in [5.41, 5.74) is 13.8. The van der Waals surface area contributed by atoms with Crippen molar-refractivity contribution < 1.29 is 0 Å². The molecule has 0 amide bonds. The Balaban J connectivity index is 1.25. The van der Waals surface area contributed by atoms with Crippen molar-refractivity contribution in [2.45, 2.75) is 38.8 Å². The SMILES string of the molecule is CC1(C)c2ccccc2-c2ccc(N(c3ccc(-c4ccccc4)cc3)c3cccc4c3-c3ccccc3S4(c3ccccc3)c3ccccc3)cc21. The molecule has 1 aliphatic carbocycles. The van der Waals surface area contributed by atoms with Crippen molar-refractivity contribution >= 4 is 27.1 Å². The van der Waals surface area contributed by atoms with Crippen molar-refractivity contribution in [3.8, 4) is 33.4 Å². The third-order valence-electron chi connectivity index (χ3n) is 11.3. The lowest BCUT2D eigenvalue weighted by Crippen LogP contribution is -2.17. The van der Waals surface area contributed by atoms with Crippen molar-refractivity contribution in [2.24, 2.45) is 0 Å². The molecule has 0 N–H and O–H groups in total. The summed E-state index contributed by atoms with van der Waals surface area (Å²) >= 11 is 0. The van der Waals surface area contributed by atoms with Crippen LogP contribution in [0.15, 0.2) is 220 Å². The number of anilines is 3. The van der Waals surface area contributed by atoms with E-state index in [2.05, 4.69) is 219 Å². The Morgan fingerprint density at radius 2 is 0.925 bits per heavy atom. The average molecular weight is 698 g/mol. The van der Waals surface area contributed by atoms with Gasteiger partial charge in [0, 0.05) is 41.9 Å². The number of rotatable bonds is 6. The van der Waals surface area contributed by atoms with Gasteiger partial charge in [0.1, 0.15) is 0 Å². The van der Waals surface area contributed by atoms with E-state index in [1.54, 1.807) is 0 Å². The molecule has 0 atom stereocenters. The standard InChI is InChI=1S/C51H39NS/c1-51(2)45-25-14-12-23-42(45)43-34-33-39(35-46(43)51)52(38-31-29-37(30-32-38)36-17-6-3-7-18-36)47-26-16-28-49-50(47)44-24-13-15-27-48(44)53(49,40-19-8-4-9-20-40)41-21-10-5-11-22-41/h3-35H,1-2H3. The first-order chi connectivity index (χ1) is 26.1. The fraction of sp³-hybridized carbons (Fsp3) is 0.0588. The maximum Gasteiger partial charge on any atom is 0.0551 e. The lowest BCUT2D eigenvalue weighted by Gasteiger charge is -2.39. The van der Waals surface area contributed by atoms with Crippen LogP contribution in [0, 0.1) is 0 Å². The lowest BCUT2D eigenvalue weighted by molar-refractivity contribution is 0.660. The molecule has 8 aromatic carbocycles. The molecule has 1 aliphatic heterocycles. The van der Waals surface area contributed by atoms with Gasteiger partial charge >= 0.3 is 0 Å². The number of nitrogens with zero attached hydrogens (tertiary/aromatic N) is 1. The minimum absolute atomic E-state index is 0.115. The molecule has 0 spiro atoms. The summed E-state index contributed by atoms with van der Waals surface area (Å²) in [6.07, 6.45) is 0. The second-order valence-corrected chi connectivity index (χ2v) is 17.6. The van der Waals surface area contributed by atoms with Crippen LogP contribution >= 0.6 is 10.0 Å². The van der Waals surface area contributed by atoms with Gasteiger partial charge in [-0.3, -0.25) is 0 Å². The minimum atomic E-state index is -1.79. The van der Waals surface area contributed by atoms with Gasteiger partial charge in [-0.05, 0) is 106 Å². The summed E-state index contributed by atoms with van der Waals surface area (Å²) in [7, 11) is -1.79. The molecule has 0 fully saturated rings. The topological polar surface area (TPSA) is 3.24 Å². The molecular formula is C51H39NS. The molecule has 0 unspecified atom stereocenters. The predicted octanol–water partition coefficient (Wildman–Crippen LogP) is 14.5. The van der Waals surface area contributed by atoms with Gasteiger partial charge in [0.15, 0.2) is 0 Å². The van der Waals surface area contributed by atoms with E-state index in [-0.39, 0.29) is 5.41 Å². The van der Waals surface area contributed by atoms with Crippen LogP contribution in [-0.2, 0) is 5.41 Å². The summed E-state index contributed by atoms with van der Waals surface area (Å²) < 4.78 is 0. The molecule has 0 bridgehead atoms. The third-order valence-corrected chi connectivity index (χ3v) is 15.3. The van der Waals surface area contributed by atoms with Crippen molar-refractivity contribution in [1.29, 1.82) is 0 Å². The summed E-state index contributed by atoms with van der Waals surface area (Å²) in [6, 6.07) is 74.4. The zero-order chi connectivity index (χ0) is 35.6. The minimum Gasteiger partial charge on any atom is -0.310 e. The van der Waals surface area contributed by atoms with Crippen LogP contribution in [0.5, 0.6) is 0 Å². The van der Waals surface area contributed by atoms with E-state index >= 15 is 0 Å². The highest BCUT2D eigenvalue weighted by atomic mass is 32.3. The largest absolute Gasteiger partial charge is 0.310 e. The van der Waals surface area contributed by atoms with Gasteiger partial charge in [-0.1, -0.05) is 147 Å². The van der Waals surface area contributed by atoms with Gasteiger partial charge in [0.2, 0.25) is 0 Å². The van der Waals surface area contributed by atoms with E-state index in [0.717, 1.165) is 11.4 Å². The van der Waals surface area contributed by atoms with E-state index in [9.17, 15) is 0 Å². The molecular weight excluding hydrogens is 659 g/mol. The van der Waals surface area contributed by atoms with Crippen LogP contribution < -0.4 is 4.90 Å². The maximum atomic E-state index is 2.51. The number of hydrogen-bond donors (Lipinski definition) is 0. The number of hydrogen-bond acceptors (Lipinski definition) is 1. The molecule has 254 valence electrons. The van der Waals surface area contributed by atoms with Crippen LogP contribution in [-0.4, -0.2) is 0 Å². The molecule has 0 radical (unpaired) electrons. The molecule has 1 heterocycles. The molecule has 2 heteroatoms. The Bertz CT molecular complexity index is 2590.